The lowest BCUT2D eigenvalue weighted by Gasteiger charge is -2.32. The molecule has 2 heterocycles. The minimum absolute atomic E-state index is 0.134. The molecule has 0 unspecified atom stereocenters. The monoisotopic (exact) mass is 565 g/mol. The molecule has 0 fully saturated rings. The number of ether oxygens (including phenoxy) is 1. The van der Waals surface area contributed by atoms with Crippen molar-refractivity contribution in [1.29, 1.82) is 0 Å². The smallest absolute Gasteiger partial charge is 0.460 e. The standard InChI is InChI=1S/C20H12F9NO4S2/c1-33-16-13(34-36(31,32)20(28,29)18(23,24)17(21,22)19(25,26)27)10-12(14-8-5-9-35-14)30-15(16)11-6-3-2-4-7-11/h2-10H,1H3. The van der Waals surface area contributed by atoms with Gasteiger partial charge in [-0.25, -0.2) is 4.98 Å². The molecule has 0 spiro atoms. The lowest BCUT2D eigenvalue weighted by atomic mass is 10.1. The molecule has 0 bridgehead atoms. The molecular weight excluding hydrogens is 553 g/mol. The molecule has 2 aromatic heterocycles. The summed E-state index contributed by atoms with van der Waals surface area (Å²) in [4.78, 5) is 4.54. The van der Waals surface area contributed by atoms with Gasteiger partial charge in [-0.05, 0) is 11.4 Å². The Kier molecular flexibility index (Phi) is 7.00. The predicted octanol–water partition coefficient (Wildman–Crippen LogP) is 6.62. The van der Waals surface area contributed by atoms with E-state index in [-0.39, 0.29) is 17.0 Å². The van der Waals surface area contributed by atoms with Gasteiger partial charge in [0.05, 0.1) is 17.7 Å². The third-order valence-corrected chi connectivity index (χ3v) is 6.77. The van der Waals surface area contributed by atoms with Crippen LogP contribution < -0.4 is 8.92 Å². The highest BCUT2D eigenvalue weighted by Gasteiger charge is 2.86. The molecule has 0 saturated heterocycles. The minimum Gasteiger partial charge on any atom is -0.491 e. The number of benzene rings is 1. The van der Waals surface area contributed by atoms with Gasteiger partial charge in [-0.3, -0.25) is 0 Å². The second-order valence-electron chi connectivity index (χ2n) is 6.93. The number of methoxy groups -OCH3 is 1. The summed E-state index contributed by atoms with van der Waals surface area (Å²) in [6.07, 6.45) is -7.21. The molecule has 0 aliphatic rings. The van der Waals surface area contributed by atoms with Gasteiger partial charge in [-0.2, -0.15) is 47.9 Å². The Bertz CT molecular complexity index is 1330. The molecule has 0 atom stereocenters. The van der Waals surface area contributed by atoms with E-state index < -0.39 is 44.9 Å². The molecule has 0 amide bonds. The van der Waals surface area contributed by atoms with Gasteiger partial charge >= 0.3 is 33.4 Å². The third kappa shape index (κ3) is 4.47. The normalized spacial score (nSPS) is 13.5. The topological polar surface area (TPSA) is 65.5 Å². The van der Waals surface area contributed by atoms with E-state index in [2.05, 4.69) is 9.17 Å². The summed E-state index contributed by atoms with van der Waals surface area (Å²) in [5, 5.41) is -5.49. The molecule has 5 nitrogen and oxygen atoms in total. The highest BCUT2D eigenvalue weighted by atomic mass is 32.2. The van der Waals surface area contributed by atoms with Crippen LogP contribution in [0.5, 0.6) is 11.5 Å². The number of aromatic nitrogens is 1. The van der Waals surface area contributed by atoms with Crippen LogP contribution in [0.2, 0.25) is 0 Å². The number of hydrogen-bond donors (Lipinski definition) is 0. The number of thiophene rings is 1. The van der Waals surface area contributed by atoms with E-state index in [1.165, 1.54) is 36.4 Å². The summed E-state index contributed by atoms with van der Waals surface area (Å²) in [6, 6.07) is 11.1. The number of rotatable bonds is 8. The van der Waals surface area contributed by atoms with Crippen LogP contribution in [0.4, 0.5) is 39.5 Å². The van der Waals surface area contributed by atoms with Crippen molar-refractivity contribution < 1.29 is 56.9 Å². The maximum absolute atomic E-state index is 14.2. The van der Waals surface area contributed by atoms with E-state index in [0.29, 0.717) is 10.9 Å². The molecule has 0 aliphatic heterocycles. The largest absolute Gasteiger partial charge is 0.491 e. The van der Waals surface area contributed by atoms with E-state index in [9.17, 15) is 47.9 Å². The summed E-state index contributed by atoms with van der Waals surface area (Å²) >= 11 is 1.04. The van der Waals surface area contributed by atoms with Gasteiger partial charge in [0.25, 0.3) is 0 Å². The van der Waals surface area contributed by atoms with Crippen LogP contribution in [0.3, 0.4) is 0 Å². The van der Waals surface area contributed by atoms with Crippen LogP contribution in [0.15, 0.2) is 53.9 Å². The fourth-order valence-corrected chi connectivity index (χ4v) is 4.39. The van der Waals surface area contributed by atoms with Crippen molar-refractivity contribution in [3.8, 4) is 33.3 Å². The van der Waals surface area contributed by atoms with Crippen LogP contribution in [0.25, 0.3) is 21.8 Å². The van der Waals surface area contributed by atoms with Crippen molar-refractivity contribution in [2.45, 2.75) is 23.3 Å². The van der Waals surface area contributed by atoms with E-state index >= 15 is 0 Å². The lowest BCUT2D eigenvalue weighted by molar-refractivity contribution is -0.382. The van der Waals surface area contributed by atoms with Crippen molar-refractivity contribution in [1.82, 2.24) is 4.98 Å². The summed E-state index contributed by atoms with van der Waals surface area (Å²) in [6.45, 7) is 0. The highest BCUT2D eigenvalue weighted by molar-refractivity contribution is 7.88. The second kappa shape index (κ2) is 9.14. The Morgan fingerprint density at radius 1 is 0.861 bits per heavy atom. The first-order valence-corrected chi connectivity index (χ1v) is 11.6. The van der Waals surface area contributed by atoms with Crippen LogP contribution in [-0.4, -0.2) is 43.8 Å². The zero-order valence-electron chi connectivity index (χ0n) is 17.5. The second-order valence-corrected chi connectivity index (χ2v) is 9.47. The zero-order chi connectivity index (χ0) is 27.2. The Hall–Kier alpha value is -3.01. The van der Waals surface area contributed by atoms with Crippen LogP contribution >= 0.6 is 11.3 Å². The molecule has 36 heavy (non-hydrogen) atoms. The number of halogens is 9. The zero-order valence-corrected chi connectivity index (χ0v) is 19.1. The molecule has 0 N–H and O–H groups in total. The Balaban J connectivity index is 2.20. The van der Waals surface area contributed by atoms with Gasteiger partial charge in [0.1, 0.15) is 5.69 Å². The first kappa shape index (κ1) is 27.6. The fraction of sp³-hybridized carbons (Fsp3) is 0.250. The molecule has 0 aliphatic carbocycles. The van der Waals surface area contributed by atoms with Crippen molar-refractivity contribution >= 4 is 21.5 Å². The summed E-state index contributed by atoms with van der Waals surface area (Å²) in [5.74, 6) is -16.8. The molecule has 0 radical (unpaired) electrons. The molecule has 196 valence electrons. The third-order valence-electron chi connectivity index (χ3n) is 4.59. The van der Waals surface area contributed by atoms with Gasteiger partial charge < -0.3 is 8.92 Å². The van der Waals surface area contributed by atoms with Crippen molar-refractivity contribution in [2.24, 2.45) is 0 Å². The lowest BCUT2D eigenvalue weighted by Crippen LogP contribution is -2.63. The van der Waals surface area contributed by atoms with Gasteiger partial charge in [0, 0.05) is 11.6 Å². The van der Waals surface area contributed by atoms with Crippen molar-refractivity contribution in [3.63, 3.8) is 0 Å². The SMILES string of the molecule is COc1c(OS(=O)(=O)C(F)(F)C(F)(F)C(F)(F)C(F)(F)F)cc(-c2cccs2)nc1-c1ccccc1. The van der Waals surface area contributed by atoms with Crippen molar-refractivity contribution in [2.75, 3.05) is 7.11 Å². The van der Waals surface area contributed by atoms with Gasteiger partial charge in [-0.15, -0.1) is 11.3 Å². The first-order chi connectivity index (χ1) is 16.5. The molecule has 0 saturated carbocycles. The minimum atomic E-state index is -7.45. The average molecular weight is 565 g/mol. The van der Waals surface area contributed by atoms with Gasteiger partial charge in [0.15, 0.2) is 11.5 Å². The molecular formula is C20H12F9NO4S2. The predicted molar refractivity (Wildman–Crippen MR) is 110 cm³/mol. The Morgan fingerprint density at radius 3 is 1.97 bits per heavy atom. The maximum Gasteiger partial charge on any atom is 0.460 e. The Morgan fingerprint density at radius 2 is 1.47 bits per heavy atom. The van der Waals surface area contributed by atoms with Gasteiger partial charge in [-0.1, -0.05) is 36.4 Å². The van der Waals surface area contributed by atoms with Crippen molar-refractivity contribution in [3.05, 3.63) is 53.9 Å². The molecule has 16 heteroatoms. The van der Waals surface area contributed by atoms with E-state index in [1.807, 2.05) is 0 Å². The first-order valence-electron chi connectivity index (χ1n) is 9.30. The van der Waals surface area contributed by atoms with Gasteiger partial charge in [0.2, 0.25) is 0 Å². The fourth-order valence-electron chi connectivity index (χ4n) is 2.80. The molecule has 1 aromatic carbocycles. The summed E-state index contributed by atoms with van der Waals surface area (Å²) in [7, 11) is -6.30. The molecule has 3 aromatic rings. The number of pyridine rings is 1. The summed E-state index contributed by atoms with van der Waals surface area (Å²) < 4.78 is 153. The molecule has 3 rings (SSSR count). The number of alkyl halides is 9. The van der Waals surface area contributed by atoms with Crippen LogP contribution in [-0.2, 0) is 10.1 Å². The van der Waals surface area contributed by atoms with Crippen LogP contribution in [0.1, 0.15) is 0 Å². The summed E-state index contributed by atoms with van der Waals surface area (Å²) in [5.41, 5.74) is -0.161. The highest BCUT2D eigenvalue weighted by Crippen LogP contribution is 2.55. The van der Waals surface area contributed by atoms with Crippen LogP contribution in [0, 0.1) is 0 Å². The van der Waals surface area contributed by atoms with E-state index in [1.54, 1.807) is 11.4 Å². The quantitative estimate of drug-likeness (QED) is 0.227. The Labute approximate surface area is 201 Å². The number of hydrogen-bond acceptors (Lipinski definition) is 6. The average Bonchev–Trinajstić information content (AvgIpc) is 3.33. The maximum atomic E-state index is 14.2. The number of nitrogens with zero attached hydrogens (tertiary/aromatic N) is 1. The van der Waals surface area contributed by atoms with E-state index in [0.717, 1.165) is 18.4 Å². The van der Waals surface area contributed by atoms with E-state index in [4.69, 9.17) is 4.74 Å².